The Balaban J connectivity index is -0.00000242. The Morgan fingerprint density at radius 3 is 1.44 bits per heavy atom. The van der Waals surface area contributed by atoms with Gasteiger partial charge in [0, 0.05) is 12.8 Å². The molecule has 2 N–H and O–H groups in total. The Morgan fingerprint density at radius 2 is 1.08 bits per heavy atom. The first-order chi connectivity index (χ1) is 10.9. The zero-order valence-electron chi connectivity index (χ0n) is 15.9. The fourth-order valence-electron chi connectivity index (χ4n) is 2.99. The maximum absolute atomic E-state index is 10.8. The van der Waals surface area contributed by atoms with E-state index < -0.39 is 11.9 Å². The highest BCUT2D eigenvalue weighted by Crippen LogP contribution is 2.23. The van der Waals surface area contributed by atoms with Gasteiger partial charge >= 0.3 is 11.9 Å². The molecule has 0 saturated carbocycles. The van der Waals surface area contributed by atoms with Crippen molar-refractivity contribution in [3.8, 4) is 0 Å². The van der Waals surface area contributed by atoms with Crippen LogP contribution in [0.3, 0.4) is 0 Å². The van der Waals surface area contributed by atoms with E-state index >= 15 is 0 Å². The molecule has 0 aromatic heterocycles. The molecule has 0 amide bonds. The van der Waals surface area contributed by atoms with Gasteiger partial charge in [-0.15, -0.1) is 24.8 Å². The standard InChI is InChI=1S/C19H36O4.2ClH/c1-16(2)17(15-19(22)23)13-11-9-7-5-3-4-6-8-10-12-14-18(20)21;;/h16-17H,3-15H2,1-2H3,(H,20,21)(H,22,23);2*1H. The Labute approximate surface area is 166 Å². The van der Waals surface area contributed by atoms with Gasteiger partial charge in [-0.05, 0) is 24.7 Å². The van der Waals surface area contributed by atoms with Gasteiger partial charge in [0.25, 0.3) is 0 Å². The van der Waals surface area contributed by atoms with Crippen LogP contribution in [0.2, 0.25) is 0 Å². The summed E-state index contributed by atoms with van der Waals surface area (Å²) in [5.41, 5.74) is 0. The Kier molecular flexibility index (Phi) is 23.2. The SMILES string of the molecule is CC(C)C(CCCCCCCCCCCCC(=O)O)CC(=O)O.Cl.Cl. The van der Waals surface area contributed by atoms with E-state index in [9.17, 15) is 9.59 Å². The molecule has 0 aromatic rings. The van der Waals surface area contributed by atoms with Crippen LogP contribution >= 0.6 is 24.8 Å². The number of halogens is 2. The van der Waals surface area contributed by atoms with Crippen molar-refractivity contribution in [2.75, 3.05) is 0 Å². The van der Waals surface area contributed by atoms with Crippen molar-refractivity contribution in [2.24, 2.45) is 11.8 Å². The Bertz CT molecular complexity index is 323. The maximum atomic E-state index is 10.8. The molecule has 0 aromatic carbocycles. The lowest BCUT2D eigenvalue weighted by Crippen LogP contribution is -2.13. The largest absolute Gasteiger partial charge is 0.481 e. The minimum atomic E-state index is -0.687. The average Bonchev–Trinajstić information content (AvgIpc) is 2.46. The molecule has 0 rings (SSSR count). The molecule has 0 heterocycles. The summed E-state index contributed by atoms with van der Waals surface area (Å²) < 4.78 is 0. The molecule has 1 atom stereocenters. The lowest BCUT2D eigenvalue weighted by molar-refractivity contribution is -0.139. The molecule has 0 aliphatic rings. The molecule has 0 saturated heterocycles. The second-order valence-corrected chi connectivity index (χ2v) is 7.07. The zero-order valence-corrected chi connectivity index (χ0v) is 17.5. The fourth-order valence-corrected chi connectivity index (χ4v) is 2.99. The number of hydrogen-bond donors (Lipinski definition) is 2. The number of carboxylic acids is 2. The molecule has 6 heteroatoms. The first-order valence-corrected chi connectivity index (χ1v) is 9.37. The van der Waals surface area contributed by atoms with Crippen LogP contribution in [-0.4, -0.2) is 22.2 Å². The van der Waals surface area contributed by atoms with Gasteiger partial charge in [-0.1, -0.05) is 71.6 Å². The lowest BCUT2D eigenvalue weighted by atomic mass is 9.87. The predicted octanol–water partition coefficient (Wildman–Crippen LogP) is 6.34. The zero-order chi connectivity index (χ0) is 17.5. The Hall–Kier alpha value is -0.480. The topological polar surface area (TPSA) is 74.6 Å². The second kappa shape index (κ2) is 19.8. The van der Waals surface area contributed by atoms with Crippen molar-refractivity contribution in [3.63, 3.8) is 0 Å². The normalized spacial score (nSPS) is 11.5. The lowest BCUT2D eigenvalue weighted by Gasteiger charge is -2.18. The molecule has 0 spiro atoms. The van der Waals surface area contributed by atoms with E-state index in [1.54, 1.807) is 0 Å². The molecule has 25 heavy (non-hydrogen) atoms. The number of hydrogen-bond acceptors (Lipinski definition) is 2. The summed E-state index contributed by atoms with van der Waals surface area (Å²) in [4.78, 5) is 21.2. The molecule has 0 radical (unpaired) electrons. The van der Waals surface area contributed by atoms with E-state index in [4.69, 9.17) is 10.2 Å². The van der Waals surface area contributed by atoms with Crippen LogP contribution in [0, 0.1) is 11.8 Å². The van der Waals surface area contributed by atoms with Crippen molar-refractivity contribution in [1.82, 2.24) is 0 Å². The number of carboxylic acid groups (broad SMARTS) is 2. The number of aliphatic carboxylic acids is 2. The highest BCUT2D eigenvalue weighted by Gasteiger charge is 2.16. The molecular weight excluding hydrogens is 363 g/mol. The highest BCUT2D eigenvalue weighted by atomic mass is 35.5. The number of carbonyl (C=O) groups is 2. The van der Waals surface area contributed by atoms with Gasteiger partial charge in [-0.3, -0.25) is 9.59 Å². The van der Waals surface area contributed by atoms with E-state index in [-0.39, 0.29) is 24.8 Å². The van der Waals surface area contributed by atoms with Crippen molar-refractivity contribution >= 4 is 36.8 Å². The number of unbranched alkanes of at least 4 members (excludes halogenated alkanes) is 9. The molecule has 1 unspecified atom stereocenters. The van der Waals surface area contributed by atoms with Gasteiger partial charge < -0.3 is 10.2 Å². The minimum absolute atomic E-state index is 0. The predicted molar refractivity (Wildman–Crippen MR) is 108 cm³/mol. The fraction of sp³-hybridized carbons (Fsp3) is 0.895. The van der Waals surface area contributed by atoms with E-state index in [1.807, 2.05) is 0 Å². The van der Waals surface area contributed by atoms with E-state index in [0.29, 0.717) is 24.7 Å². The third-order valence-corrected chi connectivity index (χ3v) is 4.60. The molecule has 0 fully saturated rings. The summed E-state index contributed by atoms with van der Waals surface area (Å²) in [5.74, 6) is -0.592. The first-order valence-electron chi connectivity index (χ1n) is 9.37. The average molecular weight is 401 g/mol. The summed E-state index contributed by atoms with van der Waals surface area (Å²) >= 11 is 0. The summed E-state index contributed by atoms with van der Waals surface area (Å²) in [5, 5.41) is 17.4. The minimum Gasteiger partial charge on any atom is -0.481 e. The molecule has 0 aliphatic carbocycles. The van der Waals surface area contributed by atoms with Crippen molar-refractivity contribution in [1.29, 1.82) is 0 Å². The van der Waals surface area contributed by atoms with Gasteiger partial charge in [0.1, 0.15) is 0 Å². The van der Waals surface area contributed by atoms with Crippen LogP contribution in [0.5, 0.6) is 0 Å². The Morgan fingerprint density at radius 1 is 0.680 bits per heavy atom. The van der Waals surface area contributed by atoms with Gasteiger partial charge in [0.05, 0.1) is 0 Å². The highest BCUT2D eigenvalue weighted by molar-refractivity contribution is 5.85. The summed E-state index contributed by atoms with van der Waals surface area (Å²) in [6, 6.07) is 0. The van der Waals surface area contributed by atoms with Crippen LogP contribution < -0.4 is 0 Å². The first kappa shape index (κ1) is 29.3. The third-order valence-electron chi connectivity index (χ3n) is 4.60. The second-order valence-electron chi connectivity index (χ2n) is 7.07. The summed E-state index contributed by atoms with van der Waals surface area (Å²) in [6.07, 6.45) is 13.2. The molecule has 0 aliphatic heterocycles. The van der Waals surface area contributed by atoms with Gasteiger partial charge in [-0.25, -0.2) is 0 Å². The van der Waals surface area contributed by atoms with Crippen molar-refractivity contribution in [2.45, 2.75) is 97.3 Å². The summed E-state index contributed by atoms with van der Waals surface area (Å²) in [7, 11) is 0. The van der Waals surface area contributed by atoms with Gasteiger partial charge in [0.2, 0.25) is 0 Å². The molecule has 4 nitrogen and oxygen atoms in total. The van der Waals surface area contributed by atoms with Crippen LogP contribution in [0.15, 0.2) is 0 Å². The van der Waals surface area contributed by atoms with Crippen LogP contribution in [-0.2, 0) is 9.59 Å². The van der Waals surface area contributed by atoms with Gasteiger partial charge in [0.15, 0.2) is 0 Å². The quantitative estimate of drug-likeness (QED) is 0.296. The van der Waals surface area contributed by atoms with Crippen molar-refractivity contribution < 1.29 is 19.8 Å². The molecular formula is C19H38Cl2O4. The van der Waals surface area contributed by atoms with E-state index in [1.165, 1.54) is 38.5 Å². The van der Waals surface area contributed by atoms with Crippen LogP contribution in [0.4, 0.5) is 0 Å². The van der Waals surface area contributed by atoms with Gasteiger partial charge in [-0.2, -0.15) is 0 Å². The third kappa shape index (κ3) is 21.5. The van der Waals surface area contributed by atoms with Crippen molar-refractivity contribution in [3.05, 3.63) is 0 Å². The van der Waals surface area contributed by atoms with Crippen LogP contribution in [0.1, 0.15) is 97.3 Å². The van der Waals surface area contributed by atoms with E-state index in [2.05, 4.69) is 13.8 Å². The monoisotopic (exact) mass is 400 g/mol. The maximum Gasteiger partial charge on any atom is 0.303 e. The van der Waals surface area contributed by atoms with Crippen LogP contribution in [0.25, 0.3) is 0 Å². The van der Waals surface area contributed by atoms with E-state index in [0.717, 1.165) is 32.1 Å². The molecule has 0 bridgehead atoms. The smallest absolute Gasteiger partial charge is 0.303 e. The number of rotatable bonds is 16. The summed E-state index contributed by atoms with van der Waals surface area (Å²) in [6.45, 7) is 4.23. The molecule has 152 valence electrons.